The van der Waals surface area contributed by atoms with E-state index in [-0.39, 0.29) is 17.9 Å². The zero-order valence-electron chi connectivity index (χ0n) is 11.8. The average molecular weight is 252 g/mol. The molecule has 1 amide bonds. The highest BCUT2D eigenvalue weighted by Crippen LogP contribution is 2.33. The van der Waals surface area contributed by atoms with Crippen molar-refractivity contribution in [3.05, 3.63) is 0 Å². The van der Waals surface area contributed by atoms with Gasteiger partial charge in [0.2, 0.25) is 5.91 Å². The fraction of sp³-hybridized carbons (Fsp3) is 0.933. The van der Waals surface area contributed by atoms with Crippen molar-refractivity contribution < 1.29 is 4.79 Å². The normalized spacial score (nSPS) is 38.4. The molecule has 0 bridgehead atoms. The summed E-state index contributed by atoms with van der Waals surface area (Å²) >= 11 is 0. The van der Waals surface area contributed by atoms with E-state index < -0.39 is 0 Å². The van der Waals surface area contributed by atoms with Crippen molar-refractivity contribution in [2.45, 2.75) is 70.9 Å². The summed E-state index contributed by atoms with van der Waals surface area (Å²) in [6, 6.07) is 0.623. The van der Waals surface area contributed by atoms with E-state index in [0.717, 1.165) is 25.7 Å². The molecule has 0 saturated heterocycles. The van der Waals surface area contributed by atoms with Crippen LogP contribution >= 0.6 is 0 Å². The van der Waals surface area contributed by atoms with E-state index in [0.29, 0.717) is 17.9 Å². The van der Waals surface area contributed by atoms with E-state index in [2.05, 4.69) is 19.2 Å². The molecule has 4 atom stereocenters. The third kappa shape index (κ3) is 3.25. The number of carbonyl (C=O) groups is 1. The van der Waals surface area contributed by atoms with Gasteiger partial charge in [-0.25, -0.2) is 0 Å². The second-order valence-corrected chi connectivity index (χ2v) is 6.54. The van der Waals surface area contributed by atoms with E-state index in [1.165, 1.54) is 19.3 Å². The van der Waals surface area contributed by atoms with Gasteiger partial charge in [0.15, 0.2) is 0 Å². The first-order valence-electron chi connectivity index (χ1n) is 7.64. The fourth-order valence-electron chi connectivity index (χ4n) is 3.60. The molecule has 104 valence electrons. The van der Waals surface area contributed by atoms with Crippen LogP contribution in [0, 0.1) is 17.8 Å². The lowest BCUT2D eigenvalue weighted by Gasteiger charge is -2.37. The topological polar surface area (TPSA) is 55.1 Å². The molecule has 0 aromatic rings. The van der Waals surface area contributed by atoms with Gasteiger partial charge in [-0.05, 0) is 37.5 Å². The van der Waals surface area contributed by atoms with Gasteiger partial charge >= 0.3 is 0 Å². The van der Waals surface area contributed by atoms with Crippen molar-refractivity contribution in [1.29, 1.82) is 0 Å². The third-order valence-corrected chi connectivity index (χ3v) is 4.98. The average Bonchev–Trinajstić information content (AvgIpc) is 2.35. The van der Waals surface area contributed by atoms with Crippen molar-refractivity contribution >= 4 is 5.91 Å². The second kappa shape index (κ2) is 6.05. The summed E-state index contributed by atoms with van der Waals surface area (Å²) in [7, 11) is 0. The summed E-state index contributed by atoms with van der Waals surface area (Å²) < 4.78 is 0. The SMILES string of the molecule is CC1CC(C)C(C(=O)NC2CCCCC2)CC1N. The molecular weight excluding hydrogens is 224 g/mol. The minimum atomic E-state index is 0.137. The number of rotatable bonds is 2. The quantitative estimate of drug-likeness (QED) is 0.793. The summed E-state index contributed by atoms with van der Waals surface area (Å²) in [5.41, 5.74) is 6.12. The lowest BCUT2D eigenvalue weighted by atomic mass is 9.72. The first-order chi connectivity index (χ1) is 8.58. The van der Waals surface area contributed by atoms with Gasteiger partial charge in [0, 0.05) is 18.0 Å². The standard InChI is InChI=1S/C15H28N2O/c1-10-8-11(2)14(16)9-13(10)15(18)17-12-6-4-3-5-7-12/h10-14H,3-9,16H2,1-2H3,(H,17,18). The Kier molecular flexibility index (Phi) is 4.66. The van der Waals surface area contributed by atoms with Gasteiger partial charge < -0.3 is 11.1 Å². The summed E-state index contributed by atoms with van der Waals surface area (Å²) in [6.45, 7) is 4.41. The Bertz CT molecular complexity index is 286. The van der Waals surface area contributed by atoms with Crippen molar-refractivity contribution in [3.63, 3.8) is 0 Å². The maximum atomic E-state index is 12.4. The maximum Gasteiger partial charge on any atom is 0.223 e. The minimum Gasteiger partial charge on any atom is -0.353 e. The molecule has 3 heteroatoms. The molecule has 0 heterocycles. The van der Waals surface area contributed by atoms with Crippen molar-refractivity contribution in [1.82, 2.24) is 5.32 Å². The minimum absolute atomic E-state index is 0.137. The zero-order chi connectivity index (χ0) is 13.1. The van der Waals surface area contributed by atoms with Crippen LogP contribution in [0.1, 0.15) is 58.8 Å². The number of hydrogen-bond acceptors (Lipinski definition) is 2. The predicted molar refractivity (Wildman–Crippen MR) is 74.0 cm³/mol. The van der Waals surface area contributed by atoms with E-state index in [1.807, 2.05) is 0 Å². The number of carbonyl (C=O) groups excluding carboxylic acids is 1. The van der Waals surface area contributed by atoms with Gasteiger partial charge in [-0.3, -0.25) is 4.79 Å². The molecule has 0 aromatic heterocycles. The van der Waals surface area contributed by atoms with Crippen LogP contribution in [-0.4, -0.2) is 18.0 Å². The van der Waals surface area contributed by atoms with Crippen LogP contribution < -0.4 is 11.1 Å². The third-order valence-electron chi connectivity index (χ3n) is 4.98. The number of amides is 1. The second-order valence-electron chi connectivity index (χ2n) is 6.54. The summed E-state index contributed by atoms with van der Waals surface area (Å²) in [6.07, 6.45) is 8.13. The maximum absolute atomic E-state index is 12.4. The Balaban J connectivity index is 1.87. The molecule has 0 aromatic carbocycles. The van der Waals surface area contributed by atoms with Gasteiger partial charge in [0.25, 0.3) is 0 Å². The molecular formula is C15H28N2O. The van der Waals surface area contributed by atoms with Crippen LogP contribution in [0.15, 0.2) is 0 Å². The largest absolute Gasteiger partial charge is 0.353 e. The molecule has 2 saturated carbocycles. The number of nitrogens with one attached hydrogen (secondary N) is 1. The number of nitrogens with two attached hydrogens (primary N) is 1. The Morgan fingerprint density at radius 3 is 2.39 bits per heavy atom. The molecule has 2 rings (SSSR count). The Hall–Kier alpha value is -0.570. The van der Waals surface area contributed by atoms with Crippen LogP contribution in [0.3, 0.4) is 0 Å². The van der Waals surface area contributed by atoms with Gasteiger partial charge in [0.05, 0.1) is 0 Å². The molecule has 2 aliphatic carbocycles. The van der Waals surface area contributed by atoms with Crippen molar-refractivity contribution in [3.8, 4) is 0 Å². The van der Waals surface area contributed by atoms with Crippen LogP contribution in [0.2, 0.25) is 0 Å². The molecule has 0 spiro atoms. The van der Waals surface area contributed by atoms with Crippen LogP contribution in [0.25, 0.3) is 0 Å². The van der Waals surface area contributed by atoms with Crippen molar-refractivity contribution in [2.24, 2.45) is 23.5 Å². The fourth-order valence-corrected chi connectivity index (χ4v) is 3.60. The molecule has 18 heavy (non-hydrogen) atoms. The Morgan fingerprint density at radius 1 is 1.06 bits per heavy atom. The highest BCUT2D eigenvalue weighted by molar-refractivity contribution is 5.79. The highest BCUT2D eigenvalue weighted by Gasteiger charge is 2.35. The summed E-state index contributed by atoms with van der Waals surface area (Å²) in [5.74, 6) is 1.43. The smallest absolute Gasteiger partial charge is 0.223 e. The molecule has 4 unspecified atom stereocenters. The van der Waals surface area contributed by atoms with Gasteiger partial charge in [-0.15, -0.1) is 0 Å². The zero-order valence-corrected chi connectivity index (χ0v) is 11.8. The molecule has 3 nitrogen and oxygen atoms in total. The van der Waals surface area contributed by atoms with Crippen LogP contribution in [0.4, 0.5) is 0 Å². The number of hydrogen-bond donors (Lipinski definition) is 2. The van der Waals surface area contributed by atoms with E-state index in [1.54, 1.807) is 0 Å². The molecule has 2 fully saturated rings. The van der Waals surface area contributed by atoms with Gasteiger partial charge in [-0.1, -0.05) is 33.1 Å². The van der Waals surface area contributed by atoms with Crippen molar-refractivity contribution in [2.75, 3.05) is 0 Å². The van der Waals surface area contributed by atoms with Gasteiger partial charge in [-0.2, -0.15) is 0 Å². The predicted octanol–water partition coefficient (Wildman–Crippen LogP) is 2.44. The van der Waals surface area contributed by atoms with Crippen LogP contribution in [0.5, 0.6) is 0 Å². The van der Waals surface area contributed by atoms with E-state index in [9.17, 15) is 4.79 Å². The van der Waals surface area contributed by atoms with Crippen LogP contribution in [-0.2, 0) is 4.79 Å². The molecule has 3 N–H and O–H groups in total. The first-order valence-corrected chi connectivity index (χ1v) is 7.64. The molecule has 2 aliphatic rings. The lowest BCUT2D eigenvalue weighted by Crippen LogP contribution is -2.47. The van der Waals surface area contributed by atoms with E-state index >= 15 is 0 Å². The monoisotopic (exact) mass is 252 g/mol. The highest BCUT2D eigenvalue weighted by atomic mass is 16.2. The van der Waals surface area contributed by atoms with E-state index in [4.69, 9.17) is 5.73 Å². The Morgan fingerprint density at radius 2 is 1.72 bits per heavy atom. The lowest BCUT2D eigenvalue weighted by molar-refractivity contribution is -0.129. The Labute approximate surface area is 111 Å². The first kappa shape index (κ1) is 13.9. The summed E-state index contributed by atoms with van der Waals surface area (Å²) in [5, 5.41) is 3.26. The van der Waals surface area contributed by atoms with Gasteiger partial charge in [0.1, 0.15) is 0 Å². The molecule has 0 radical (unpaired) electrons. The molecule has 0 aliphatic heterocycles. The summed E-state index contributed by atoms with van der Waals surface area (Å²) in [4.78, 5) is 12.4.